The van der Waals surface area contributed by atoms with E-state index in [4.69, 9.17) is 5.11 Å². The molecule has 0 bridgehead atoms. The van der Waals surface area contributed by atoms with Gasteiger partial charge in [0, 0.05) is 5.75 Å². The number of rotatable bonds is 6. The van der Waals surface area contributed by atoms with Gasteiger partial charge in [0.1, 0.15) is 12.6 Å². The molecule has 6 nitrogen and oxygen atoms in total. The molecule has 0 spiro atoms. The summed E-state index contributed by atoms with van der Waals surface area (Å²) < 4.78 is 0. The first-order valence-corrected chi connectivity index (χ1v) is 5.82. The van der Waals surface area contributed by atoms with E-state index in [2.05, 4.69) is 17.9 Å². The lowest BCUT2D eigenvalue weighted by atomic mass is 10.3. The van der Waals surface area contributed by atoms with Crippen molar-refractivity contribution in [2.75, 3.05) is 17.4 Å². The molecule has 18 heavy (non-hydrogen) atoms. The van der Waals surface area contributed by atoms with E-state index in [-0.39, 0.29) is 12.3 Å². The zero-order valence-corrected chi connectivity index (χ0v) is 10.4. The predicted molar refractivity (Wildman–Crippen MR) is 69.0 cm³/mol. The average molecular weight is 270 g/mol. The van der Waals surface area contributed by atoms with Crippen molar-refractivity contribution in [2.45, 2.75) is 6.04 Å². The summed E-state index contributed by atoms with van der Waals surface area (Å²) in [4.78, 5) is 22.2. The second-order valence-electron chi connectivity index (χ2n) is 3.53. The van der Waals surface area contributed by atoms with Gasteiger partial charge < -0.3 is 10.4 Å². The minimum Gasteiger partial charge on any atom is -0.480 e. The zero-order valence-electron chi connectivity index (χ0n) is 9.48. The van der Waals surface area contributed by atoms with Crippen LogP contribution in [0.15, 0.2) is 30.3 Å². The number of carboxylic acid groups (broad SMARTS) is 1. The van der Waals surface area contributed by atoms with Gasteiger partial charge in [-0.25, -0.2) is 9.86 Å². The van der Waals surface area contributed by atoms with Gasteiger partial charge in [-0.15, -0.1) is 0 Å². The number of thiol groups is 1. The number of carbonyl (C=O) groups is 2. The van der Waals surface area contributed by atoms with Crippen molar-refractivity contribution in [2.24, 2.45) is 0 Å². The number of carboxylic acids is 1. The Morgan fingerprint density at radius 2 is 1.94 bits per heavy atom. The van der Waals surface area contributed by atoms with Gasteiger partial charge in [0.15, 0.2) is 0 Å². The van der Waals surface area contributed by atoms with Crippen LogP contribution in [0.2, 0.25) is 0 Å². The number of anilines is 1. The Balaban J connectivity index is 2.52. The number of benzene rings is 1. The predicted octanol–water partition coefficient (Wildman–Crippen LogP) is 0.381. The second kappa shape index (κ2) is 6.87. The maximum atomic E-state index is 11.5. The number of hydrogen-bond donors (Lipinski definition) is 4. The van der Waals surface area contributed by atoms with Gasteiger partial charge in [-0.2, -0.15) is 12.6 Å². The summed E-state index contributed by atoms with van der Waals surface area (Å²) in [6.45, 7) is -0.346. The van der Waals surface area contributed by atoms with Crippen LogP contribution >= 0.6 is 12.6 Å². The Bertz CT molecular complexity index is 413. The molecule has 1 aromatic carbocycles. The van der Waals surface area contributed by atoms with Crippen LogP contribution in [0, 0.1) is 0 Å². The highest BCUT2D eigenvalue weighted by molar-refractivity contribution is 7.80. The molecular formula is C11H14N2O4S. The third-order valence-corrected chi connectivity index (χ3v) is 2.53. The molecule has 7 heteroatoms. The summed E-state index contributed by atoms with van der Waals surface area (Å²) in [6, 6.07) is 7.39. The number of para-hydroxylation sites is 1. The summed E-state index contributed by atoms with van der Waals surface area (Å²) >= 11 is 3.82. The molecule has 0 radical (unpaired) electrons. The molecule has 0 aliphatic heterocycles. The minimum absolute atomic E-state index is 0.0160. The number of amides is 1. The molecule has 0 saturated heterocycles. The number of hydrogen-bond acceptors (Lipinski definition) is 5. The lowest BCUT2D eigenvalue weighted by molar-refractivity contribution is -0.141. The summed E-state index contributed by atoms with van der Waals surface area (Å²) in [5.41, 5.74) is 0.449. The van der Waals surface area contributed by atoms with E-state index in [0.29, 0.717) is 5.69 Å². The summed E-state index contributed by atoms with van der Waals surface area (Å²) in [5, 5.41) is 21.3. The SMILES string of the molecule is O=C(CN(O)c1ccccc1)NC(CS)C(=O)O. The molecular weight excluding hydrogens is 256 g/mol. The third kappa shape index (κ3) is 4.27. The molecule has 1 amide bonds. The van der Waals surface area contributed by atoms with Crippen molar-refractivity contribution >= 4 is 30.2 Å². The van der Waals surface area contributed by atoms with Crippen molar-refractivity contribution < 1.29 is 19.9 Å². The largest absolute Gasteiger partial charge is 0.480 e. The molecule has 98 valence electrons. The number of aliphatic carboxylic acids is 1. The van der Waals surface area contributed by atoms with Crippen molar-refractivity contribution in [1.29, 1.82) is 0 Å². The van der Waals surface area contributed by atoms with Crippen molar-refractivity contribution in [1.82, 2.24) is 5.32 Å². The first kappa shape index (κ1) is 14.3. The molecule has 1 rings (SSSR count). The molecule has 0 aliphatic carbocycles. The smallest absolute Gasteiger partial charge is 0.327 e. The van der Waals surface area contributed by atoms with E-state index < -0.39 is 17.9 Å². The molecule has 0 aromatic heterocycles. The first-order chi connectivity index (χ1) is 8.54. The highest BCUT2D eigenvalue weighted by Gasteiger charge is 2.19. The molecule has 3 N–H and O–H groups in total. The standard InChI is InChI=1S/C11H14N2O4S/c14-10(12-9(7-18)11(15)16)6-13(17)8-4-2-1-3-5-8/h1-5,9,17-18H,6-7H2,(H,12,14)(H,15,16). The van der Waals surface area contributed by atoms with Crippen molar-refractivity contribution in [3.8, 4) is 0 Å². The van der Waals surface area contributed by atoms with Gasteiger partial charge >= 0.3 is 5.97 Å². The first-order valence-electron chi connectivity index (χ1n) is 5.19. The maximum absolute atomic E-state index is 11.5. The number of nitrogens with zero attached hydrogens (tertiary/aromatic N) is 1. The van der Waals surface area contributed by atoms with Gasteiger partial charge in [-0.3, -0.25) is 10.0 Å². The van der Waals surface area contributed by atoms with Crippen LogP contribution < -0.4 is 10.4 Å². The minimum atomic E-state index is -1.16. The quantitative estimate of drug-likeness (QED) is 0.443. The van der Waals surface area contributed by atoms with Crippen LogP contribution in [0.3, 0.4) is 0 Å². The van der Waals surface area contributed by atoms with E-state index in [1.165, 1.54) is 0 Å². The normalized spacial score (nSPS) is 11.7. The van der Waals surface area contributed by atoms with Crippen molar-refractivity contribution in [3.05, 3.63) is 30.3 Å². The fourth-order valence-electron chi connectivity index (χ4n) is 1.25. The van der Waals surface area contributed by atoms with Crippen LogP contribution in [0.4, 0.5) is 5.69 Å². The Morgan fingerprint density at radius 3 is 2.44 bits per heavy atom. The van der Waals surface area contributed by atoms with Gasteiger partial charge in [-0.05, 0) is 12.1 Å². The van der Waals surface area contributed by atoms with Gasteiger partial charge in [0.25, 0.3) is 0 Å². The number of carbonyl (C=O) groups excluding carboxylic acids is 1. The van der Waals surface area contributed by atoms with Crippen LogP contribution in [0.5, 0.6) is 0 Å². The second-order valence-corrected chi connectivity index (χ2v) is 3.90. The van der Waals surface area contributed by atoms with Crippen LogP contribution in [0.1, 0.15) is 0 Å². The van der Waals surface area contributed by atoms with Gasteiger partial charge in [0.05, 0.1) is 5.69 Å². The number of hydroxylamine groups is 1. The van der Waals surface area contributed by atoms with E-state index in [9.17, 15) is 14.8 Å². The zero-order chi connectivity index (χ0) is 13.5. The van der Waals surface area contributed by atoms with Crippen LogP contribution in [0.25, 0.3) is 0 Å². The molecule has 1 atom stereocenters. The van der Waals surface area contributed by atoms with E-state index in [1.807, 2.05) is 0 Å². The topological polar surface area (TPSA) is 89.9 Å². The molecule has 1 unspecified atom stereocenters. The van der Waals surface area contributed by atoms with Gasteiger partial charge in [0.2, 0.25) is 5.91 Å². The molecule has 0 fully saturated rings. The lowest BCUT2D eigenvalue weighted by Gasteiger charge is -2.18. The summed E-state index contributed by atoms with van der Waals surface area (Å²) in [6.07, 6.45) is 0. The Hall–Kier alpha value is -1.73. The Kier molecular flexibility index (Phi) is 5.47. The lowest BCUT2D eigenvalue weighted by Crippen LogP contribution is -2.46. The van der Waals surface area contributed by atoms with E-state index in [0.717, 1.165) is 5.06 Å². The molecule has 1 aromatic rings. The molecule has 0 saturated carbocycles. The highest BCUT2D eigenvalue weighted by Crippen LogP contribution is 2.09. The average Bonchev–Trinajstić information content (AvgIpc) is 2.36. The van der Waals surface area contributed by atoms with Crippen molar-refractivity contribution in [3.63, 3.8) is 0 Å². The van der Waals surface area contributed by atoms with Crippen LogP contribution in [-0.2, 0) is 9.59 Å². The number of nitrogens with one attached hydrogen (secondary N) is 1. The Labute approximate surface area is 110 Å². The molecule has 0 aliphatic rings. The molecule has 0 heterocycles. The van der Waals surface area contributed by atoms with Gasteiger partial charge in [-0.1, -0.05) is 18.2 Å². The van der Waals surface area contributed by atoms with Crippen LogP contribution in [-0.4, -0.2) is 40.5 Å². The van der Waals surface area contributed by atoms with E-state index in [1.54, 1.807) is 30.3 Å². The highest BCUT2D eigenvalue weighted by atomic mass is 32.1. The Morgan fingerprint density at radius 1 is 1.33 bits per heavy atom. The summed E-state index contributed by atoms with van der Waals surface area (Å²) in [5.74, 6) is -1.77. The summed E-state index contributed by atoms with van der Waals surface area (Å²) in [7, 11) is 0. The fourth-order valence-corrected chi connectivity index (χ4v) is 1.50. The monoisotopic (exact) mass is 270 g/mol. The third-order valence-electron chi connectivity index (χ3n) is 2.16. The maximum Gasteiger partial charge on any atom is 0.327 e. The van der Waals surface area contributed by atoms with E-state index >= 15 is 0 Å². The fraction of sp³-hybridized carbons (Fsp3) is 0.273.